The fourth-order valence-electron chi connectivity index (χ4n) is 4.82. The van der Waals surface area contributed by atoms with Gasteiger partial charge in [0.2, 0.25) is 5.91 Å². The zero-order valence-corrected chi connectivity index (χ0v) is 17.9. The molecular formula is C25H32N2O2. The van der Waals surface area contributed by atoms with E-state index in [-0.39, 0.29) is 17.4 Å². The van der Waals surface area contributed by atoms with Crippen molar-refractivity contribution in [3.8, 4) is 0 Å². The van der Waals surface area contributed by atoms with E-state index in [4.69, 9.17) is 4.74 Å². The quantitative estimate of drug-likeness (QED) is 0.785. The van der Waals surface area contributed by atoms with Crippen LogP contribution in [0.1, 0.15) is 41.6 Å². The molecule has 2 fully saturated rings. The molecule has 0 radical (unpaired) electrons. The van der Waals surface area contributed by atoms with Crippen molar-refractivity contribution in [2.45, 2.75) is 39.8 Å². The lowest BCUT2D eigenvalue weighted by atomic mass is 9.87. The van der Waals surface area contributed by atoms with Gasteiger partial charge >= 0.3 is 0 Å². The van der Waals surface area contributed by atoms with Crippen molar-refractivity contribution < 1.29 is 9.53 Å². The third-order valence-electron chi connectivity index (χ3n) is 6.52. The Hall–Kier alpha value is -2.17. The molecule has 4 nitrogen and oxygen atoms in total. The molecule has 2 atom stereocenters. The van der Waals surface area contributed by atoms with E-state index >= 15 is 0 Å². The van der Waals surface area contributed by atoms with Crippen LogP contribution in [0.4, 0.5) is 0 Å². The lowest BCUT2D eigenvalue weighted by Gasteiger charge is -2.33. The maximum atomic E-state index is 13.0. The Morgan fingerprint density at radius 2 is 1.90 bits per heavy atom. The second-order valence-electron chi connectivity index (χ2n) is 8.98. The molecule has 0 aromatic heterocycles. The minimum Gasteiger partial charge on any atom is -0.379 e. The summed E-state index contributed by atoms with van der Waals surface area (Å²) in [7, 11) is 0. The number of aryl methyl sites for hydroxylation is 2. The van der Waals surface area contributed by atoms with E-state index in [9.17, 15) is 4.79 Å². The average Bonchev–Trinajstić information content (AvgIpc) is 2.90. The maximum absolute atomic E-state index is 13.0. The van der Waals surface area contributed by atoms with E-state index in [0.717, 1.165) is 32.8 Å². The third-order valence-corrected chi connectivity index (χ3v) is 6.52. The first-order valence-corrected chi connectivity index (χ1v) is 10.7. The van der Waals surface area contributed by atoms with Crippen LogP contribution in [0.5, 0.6) is 0 Å². The van der Waals surface area contributed by atoms with Gasteiger partial charge in [0.25, 0.3) is 0 Å². The van der Waals surface area contributed by atoms with Gasteiger partial charge in [-0.2, -0.15) is 0 Å². The summed E-state index contributed by atoms with van der Waals surface area (Å²) in [6, 6.07) is 17.1. The van der Waals surface area contributed by atoms with Gasteiger partial charge in [-0.1, -0.05) is 54.1 Å². The van der Waals surface area contributed by atoms with Crippen LogP contribution in [-0.4, -0.2) is 48.6 Å². The Balaban J connectivity index is 1.51. The monoisotopic (exact) mass is 392 g/mol. The molecule has 29 heavy (non-hydrogen) atoms. The molecule has 0 N–H and O–H groups in total. The second kappa shape index (κ2) is 8.29. The van der Waals surface area contributed by atoms with E-state index in [2.05, 4.69) is 60.9 Å². The van der Waals surface area contributed by atoms with Gasteiger partial charge in [-0.25, -0.2) is 0 Å². The van der Waals surface area contributed by atoms with Gasteiger partial charge in [0.15, 0.2) is 0 Å². The van der Waals surface area contributed by atoms with Crippen molar-refractivity contribution in [1.29, 1.82) is 0 Å². The number of carbonyl (C=O) groups excluding carboxylic acids is 1. The van der Waals surface area contributed by atoms with Crippen molar-refractivity contribution in [3.05, 3.63) is 70.8 Å². The van der Waals surface area contributed by atoms with Crippen LogP contribution < -0.4 is 0 Å². The number of amides is 1. The largest absolute Gasteiger partial charge is 0.379 e. The van der Waals surface area contributed by atoms with Crippen LogP contribution in [0.25, 0.3) is 0 Å². The molecule has 2 aliphatic heterocycles. The van der Waals surface area contributed by atoms with E-state index in [1.807, 2.05) is 18.2 Å². The number of carbonyl (C=O) groups is 1. The van der Waals surface area contributed by atoms with E-state index in [0.29, 0.717) is 13.0 Å². The summed E-state index contributed by atoms with van der Waals surface area (Å²) in [5.74, 6) is 0.249. The third kappa shape index (κ3) is 4.39. The molecule has 2 aromatic carbocycles. The molecular weight excluding hydrogens is 360 g/mol. The van der Waals surface area contributed by atoms with E-state index in [1.165, 1.54) is 22.3 Å². The second-order valence-corrected chi connectivity index (χ2v) is 8.98. The van der Waals surface area contributed by atoms with Crippen molar-refractivity contribution in [1.82, 2.24) is 9.80 Å². The number of likely N-dealkylation sites (tertiary alicyclic amines) is 1. The van der Waals surface area contributed by atoms with Gasteiger partial charge < -0.3 is 9.64 Å². The summed E-state index contributed by atoms with van der Waals surface area (Å²) in [4.78, 5) is 17.5. The summed E-state index contributed by atoms with van der Waals surface area (Å²) >= 11 is 0. The number of hydrogen-bond acceptors (Lipinski definition) is 3. The summed E-state index contributed by atoms with van der Waals surface area (Å²) in [6.07, 6.45) is 0.577. The molecule has 2 aromatic rings. The highest BCUT2D eigenvalue weighted by molar-refractivity contribution is 5.80. The van der Waals surface area contributed by atoms with E-state index in [1.54, 1.807) is 0 Å². The first kappa shape index (κ1) is 20.1. The molecule has 4 rings (SSSR count). The summed E-state index contributed by atoms with van der Waals surface area (Å²) in [6.45, 7) is 11.4. The number of ether oxygens (including phenoxy) is 1. The van der Waals surface area contributed by atoms with Crippen LogP contribution in [-0.2, 0) is 16.1 Å². The van der Waals surface area contributed by atoms with Crippen LogP contribution in [0.2, 0.25) is 0 Å². The zero-order valence-electron chi connectivity index (χ0n) is 17.9. The molecule has 1 amide bonds. The first-order valence-electron chi connectivity index (χ1n) is 10.7. The molecule has 2 aliphatic rings. The molecule has 1 spiro atoms. The summed E-state index contributed by atoms with van der Waals surface area (Å²) in [5.41, 5.74) is 5.08. The van der Waals surface area contributed by atoms with Crippen molar-refractivity contribution in [2.24, 2.45) is 5.41 Å². The van der Waals surface area contributed by atoms with Crippen LogP contribution in [0.15, 0.2) is 48.5 Å². The van der Waals surface area contributed by atoms with Gasteiger partial charge in [-0.05, 0) is 37.5 Å². The molecule has 2 heterocycles. The summed E-state index contributed by atoms with van der Waals surface area (Å²) < 4.78 is 6.02. The Kier molecular flexibility index (Phi) is 5.75. The normalized spacial score (nSPS) is 24.1. The van der Waals surface area contributed by atoms with Crippen molar-refractivity contribution in [2.75, 3.05) is 32.8 Å². The van der Waals surface area contributed by atoms with Gasteiger partial charge in [0.05, 0.1) is 19.3 Å². The van der Waals surface area contributed by atoms with Gasteiger partial charge in [-0.3, -0.25) is 9.69 Å². The van der Waals surface area contributed by atoms with Crippen molar-refractivity contribution in [3.63, 3.8) is 0 Å². The molecule has 0 bridgehead atoms. The molecule has 2 unspecified atom stereocenters. The number of hydrogen-bond donors (Lipinski definition) is 0. The maximum Gasteiger partial charge on any atom is 0.223 e. The fourth-order valence-corrected chi connectivity index (χ4v) is 4.82. The number of rotatable bonds is 4. The Bertz CT molecular complexity index is 866. The summed E-state index contributed by atoms with van der Waals surface area (Å²) in [5, 5.41) is 0. The highest BCUT2D eigenvalue weighted by Gasteiger charge is 2.46. The topological polar surface area (TPSA) is 32.8 Å². The Morgan fingerprint density at radius 3 is 2.69 bits per heavy atom. The predicted molar refractivity (Wildman–Crippen MR) is 116 cm³/mol. The van der Waals surface area contributed by atoms with Gasteiger partial charge in [-0.15, -0.1) is 0 Å². The smallest absolute Gasteiger partial charge is 0.223 e. The highest BCUT2D eigenvalue weighted by atomic mass is 16.5. The molecule has 2 saturated heterocycles. The minimum absolute atomic E-state index is 0.0961. The Morgan fingerprint density at radius 1 is 1.10 bits per heavy atom. The fraction of sp³-hybridized carbons (Fsp3) is 0.480. The van der Waals surface area contributed by atoms with Crippen LogP contribution in [0, 0.1) is 19.3 Å². The van der Waals surface area contributed by atoms with E-state index < -0.39 is 0 Å². The molecule has 0 aliphatic carbocycles. The highest BCUT2D eigenvalue weighted by Crippen LogP contribution is 2.38. The number of benzene rings is 2. The van der Waals surface area contributed by atoms with Gasteiger partial charge in [0.1, 0.15) is 0 Å². The SMILES string of the molecule is Cc1ccc(C)c(CN2CCOCC3(CC(=O)N(C(C)c4ccccc4)C3)C2)c1. The zero-order chi connectivity index (χ0) is 20.4. The lowest BCUT2D eigenvalue weighted by molar-refractivity contribution is -0.129. The average molecular weight is 393 g/mol. The lowest BCUT2D eigenvalue weighted by Crippen LogP contribution is -2.41. The Labute approximate surface area is 174 Å². The van der Waals surface area contributed by atoms with Crippen molar-refractivity contribution >= 4 is 5.91 Å². The van der Waals surface area contributed by atoms with Crippen LogP contribution >= 0.6 is 0 Å². The number of nitrogens with zero attached hydrogens (tertiary/aromatic N) is 2. The predicted octanol–water partition coefficient (Wildman–Crippen LogP) is 4.12. The first-order chi connectivity index (χ1) is 14.0. The molecule has 0 saturated carbocycles. The van der Waals surface area contributed by atoms with Gasteiger partial charge in [0, 0.05) is 38.0 Å². The minimum atomic E-state index is -0.117. The molecule has 4 heteroatoms. The standard InChI is InChI=1S/C25H32N2O2/c1-19-9-10-20(2)23(13-19)15-26-11-12-29-18-25(16-26)14-24(28)27(17-25)21(3)22-7-5-4-6-8-22/h4-10,13,21H,11-12,14-18H2,1-3H3. The van der Waals surface area contributed by atoms with Crippen LogP contribution in [0.3, 0.4) is 0 Å². The molecule has 154 valence electrons.